The summed E-state index contributed by atoms with van der Waals surface area (Å²) in [6.07, 6.45) is 5.51. The van der Waals surface area contributed by atoms with E-state index >= 15 is 0 Å². The quantitative estimate of drug-likeness (QED) is 0.776. The van der Waals surface area contributed by atoms with Crippen molar-refractivity contribution in [2.24, 2.45) is 5.92 Å². The third-order valence-electron chi connectivity index (χ3n) is 5.26. The van der Waals surface area contributed by atoms with Crippen molar-refractivity contribution in [1.29, 1.82) is 0 Å². The lowest BCUT2D eigenvalue weighted by molar-refractivity contribution is -0.119. The predicted molar refractivity (Wildman–Crippen MR) is 105 cm³/mol. The fourth-order valence-electron chi connectivity index (χ4n) is 3.41. The maximum atomic E-state index is 11.1. The molecule has 4 heteroatoms. The van der Waals surface area contributed by atoms with Gasteiger partial charge < -0.3 is 14.8 Å². The van der Waals surface area contributed by atoms with E-state index in [1.165, 1.54) is 36.5 Å². The highest BCUT2D eigenvalue weighted by Crippen LogP contribution is 2.31. The van der Waals surface area contributed by atoms with Gasteiger partial charge in [0.2, 0.25) is 5.91 Å². The summed E-state index contributed by atoms with van der Waals surface area (Å²) >= 11 is 0. The van der Waals surface area contributed by atoms with Crippen molar-refractivity contribution in [3.63, 3.8) is 0 Å². The summed E-state index contributed by atoms with van der Waals surface area (Å²) in [5, 5.41) is 2.83. The molecule has 2 aromatic rings. The molecule has 0 radical (unpaired) electrons. The van der Waals surface area contributed by atoms with Crippen LogP contribution in [-0.4, -0.2) is 25.2 Å². The number of carbonyl (C=O) groups is 1. The van der Waals surface area contributed by atoms with E-state index in [0.717, 1.165) is 43.3 Å². The Morgan fingerprint density at radius 1 is 1.11 bits per heavy atom. The molecule has 1 aliphatic heterocycles. The number of nitrogens with one attached hydrogen (secondary N) is 1. The van der Waals surface area contributed by atoms with Crippen molar-refractivity contribution in [3.05, 3.63) is 59.2 Å². The minimum atomic E-state index is -0.0146. The molecule has 0 aromatic heterocycles. The first-order chi connectivity index (χ1) is 13.2. The predicted octanol–water partition coefficient (Wildman–Crippen LogP) is 3.70. The van der Waals surface area contributed by atoms with Gasteiger partial charge in [-0.1, -0.05) is 24.3 Å². The van der Waals surface area contributed by atoms with Gasteiger partial charge in [0.15, 0.2) is 0 Å². The molecule has 142 valence electrons. The van der Waals surface area contributed by atoms with Gasteiger partial charge in [-0.3, -0.25) is 4.79 Å². The molecule has 4 nitrogen and oxygen atoms in total. The zero-order chi connectivity index (χ0) is 18.6. The van der Waals surface area contributed by atoms with Crippen LogP contribution in [-0.2, 0) is 24.1 Å². The largest absolute Gasteiger partial charge is 0.493 e. The number of amides is 1. The maximum Gasteiger partial charge on any atom is 0.217 e. The highest BCUT2D eigenvalue weighted by atomic mass is 16.5. The summed E-state index contributed by atoms with van der Waals surface area (Å²) in [5.41, 5.74) is 3.83. The number of benzene rings is 2. The van der Waals surface area contributed by atoms with E-state index in [0.29, 0.717) is 6.54 Å². The zero-order valence-corrected chi connectivity index (χ0v) is 15.9. The summed E-state index contributed by atoms with van der Waals surface area (Å²) in [5.74, 6) is 2.71. The first kappa shape index (κ1) is 17.9. The summed E-state index contributed by atoms with van der Waals surface area (Å²) in [7, 11) is 0. The van der Waals surface area contributed by atoms with Gasteiger partial charge in [-0.15, -0.1) is 0 Å². The molecule has 0 unspecified atom stereocenters. The van der Waals surface area contributed by atoms with E-state index < -0.39 is 0 Å². The van der Waals surface area contributed by atoms with Crippen molar-refractivity contribution < 1.29 is 14.3 Å². The molecule has 1 heterocycles. The molecule has 1 N–H and O–H groups in total. The smallest absolute Gasteiger partial charge is 0.217 e. The van der Waals surface area contributed by atoms with E-state index in [4.69, 9.17) is 9.47 Å². The van der Waals surface area contributed by atoms with Gasteiger partial charge in [0.25, 0.3) is 0 Å². The van der Waals surface area contributed by atoms with E-state index in [2.05, 4.69) is 47.8 Å². The van der Waals surface area contributed by atoms with Gasteiger partial charge in [0.05, 0.1) is 13.2 Å². The Morgan fingerprint density at radius 2 is 1.85 bits per heavy atom. The SMILES string of the molecule is CC(=O)NC[C@H]1Cc2ccc(CCc3ccc(OCC4CC4)cc3)cc2O1. The first-order valence-corrected chi connectivity index (χ1v) is 9.90. The van der Waals surface area contributed by atoms with Crippen molar-refractivity contribution in [3.8, 4) is 11.5 Å². The molecular weight excluding hydrogens is 338 g/mol. The lowest BCUT2D eigenvalue weighted by atomic mass is 10.0. The molecule has 27 heavy (non-hydrogen) atoms. The Bertz CT molecular complexity index is 796. The van der Waals surface area contributed by atoms with Crippen molar-refractivity contribution in [2.45, 2.75) is 45.1 Å². The third-order valence-corrected chi connectivity index (χ3v) is 5.26. The summed E-state index contributed by atoms with van der Waals surface area (Å²) < 4.78 is 11.8. The number of aryl methyl sites for hydroxylation is 2. The van der Waals surface area contributed by atoms with Crippen molar-refractivity contribution in [2.75, 3.05) is 13.2 Å². The molecule has 1 atom stereocenters. The Balaban J connectivity index is 1.28. The summed E-state index contributed by atoms with van der Waals surface area (Å²) in [4.78, 5) is 11.1. The highest BCUT2D eigenvalue weighted by Gasteiger charge is 2.23. The number of ether oxygens (including phenoxy) is 2. The van der Waals surface area contributed by atoms with Gasteiger partial charge >= 0.3 is 0 Å². The van der Waals surface area contributed by atoms with Crippen molar-refractivity contribution in [1.82, 2.24) is 5.32 Å². The Morgan fingerprint density at radius 3 is 2.59 bits per heavy atom. The molecule has 2 aliphatic rings. The molecule has 0 spiro atoms. The van der Waals surface area contributed by atoms with Gasteiger partial charge in [0, 0.05) is 13.3 Å². The van der Waals surface area contributed by atoms with Crippen LogP contribution in [0.3, 0.4) is 0 Å². The van der Waals surface area contributed by atoms with Crippen LogP contribution in [0.4, 0.5) is 0 Å². The number of rotatable bonds is 8. The monoisotopic (exact) mass is 365 g/mol. The Hall–Kier alpha value is -2.49. The number of hydrogen-bond donors (Lipinski definition) is 1. The van der Waals surface area contributed by atoms with Crippen LogP contribution in [0, 0.1) is 5.92 Å². The first-order valence-electron chi connectivity index (χ1n) is 9.90. The number of fused-ring (bicyclic) bond motifs is 1. The van der Waals surface area contributed by atoms with Gasteiger partial charge in [-0.2, -0.15) is 0 Å². The van der Waals surface area contributed by atoms with Gasteiger partial charge in [-0.05, 0) is 66.5 Å². The average Bonchev–Trinajstić information content (AvgIpc) is 3.41. The Labute approximate surface area is 160 Å². The molecule has 0 bridgehead atoms. The molecule has 2 aromatic carbocycles. The minimum absolute atomic E-state index is 0.0146. The molecule has 1 fully saturated rings. The van der Waals surface area contributed by atoms with Crippen LogP contribution in [0.5, 0.6) is 11.5 Å². The molecule has 0 saturated heterocycles. The maximum absolute atomic E-state index is 11.1. The molecule has 1 aliphatic carbocycles. The summed E-state index contributed by atoms with van der Waals surface area (Å²) in [6.45, 7) is 2.96. The number of carbonyl (C=O) groups excluding carboxylic acids is 1. The zero-order valence-electron chi connectivity index (χ0n) is 15.9. The summed E-state index contributed by atoms with van der Waals surface area (Å²) in [6, 6.07) is 15.0. The van der Waals surface area contributed by atoms with Crippen LogP contribution in [0.1, 0.15) is 36.5 Å². The van der Waals surface area contributed by atoms with E-state index in [1.54, 1.807) is 0 Å². The van der Waals surface area contributed by atoms with Gasteiger partial charge in [0.1, 0.15) is 17.6 Å². The van der Waals surface area contributed by atoms with Crippen LogP contribution < -0.4 is 14.8 Å². The fourth-order valence-corrected chi connectivity index (χ4v) is 3.41. The standard InChI is InChI=1S/C23H27NO3/c1-16(25)24-14-22-13-20-9-6-18(12-23(20)27-22)3-2-17-7-10-21(11-8-17)26-15-19-4-5-19/h6-12,19,22H,2-5,13-15H2,1H3,(H,24,25)/t22-/m1/s1. The van der Waals surface area contributed by atoms with Crippen LogP contribution in [0.15, 0.2) is 42.5 Å². The fraction of sp³-hybridized carbons (Fsp3) is 0.435. The topological polar surface area (TPSA) is 47.6 Å². The highest BCUT2D eigenvalue weighted by molar-refractivity contribution is 5.72. The van der Waals surface area contributed by atoms with Crippen molar-refractivity contribution >= 4 is 5.91 Å². The average molecular weight is 365 g/mol. The number of hydrogen-bond acceptors (Lipinski definition) is 3. The molecule has 1 amide bonds. The minimum Gasteiger partial charge on any atom is -0.493 e. The lowest BCUT2D eigenvalue weighted by Gasteiger charge is -2.11. The van der Waals surface area contributed by atoms with E-state index in [1.807, 2.05) is 0 Å². The second-order valence-corrected chi connectivity index (χ2v) is 7.72. The third kappa shape index (κ3) is 5.03. The van der Waals surface area contributed by atoms with Crippen LogP contribution >= 0.6 is 0 Å². The molecule has 1 saturated carbocycles. The second kappa shape index (κ2) is 8.03. The van der Waals surface area contributed by atoms with Crippen LogP contribution in [0.2, 0.25) is 0 Å². The lowest BCUT2D eigenvalue weighted by Crippen LogP contribution is -2.32. The second-order valence-electron chi connectivity index (χ2n) is 7.72. The molecule has 4 rings (SSSR count). The normalized spacial score (nSPS) is 17.9. The van der Waals surface area contributed by atoms with Gasteiger partial charge in [-0.25, -0.2) is 0 Å². The van der Waals surface area contributed by atoms with E-state index in [-0.39, 0.29) is 12.0 Å². The molecular formula is C23H27NO3. The van der Waals surface area contributed by atoms with E-state index in [9.17, 15) is 4.79 Å². The Kier molecular flexibility index (Phi) is 5.33. The van der Waals surface area contributed by atoms with Crippen LogP contribution in [0.25, 0.3) is 0 Å².